The van der Waals surface area contributed by atoms with Crippen LogP contribution in [0.15, 0.2) is 24.3 Å². The molecule has 1 aromatic carbocycles. The normalized spacial score (nSPS) is 18.6. The molecule has 0 saturated carbocycles. The second-order valence-corrected chi connectivity index (χ2v) is 6.19. The van der Waals surface area contributed by atoms with Gasteiger partial charge < -0.3 is 19.7 Å². The summed E-state index contributed by atoms with van der Waals surface area (Å²) < 4.78 is 10.3. The molecular weight excluding hydrogens is 324 g/mol. The van der Waals surface area contributed by atoms with Crippen LogP contribution in [-0.2, 0) is 19.1 Å². The maximum absolute atomic E-state index is 12.4. The van der Waals surface area contributed by atoms with E-state index in [9.17, 15) is 14.4 Å². The number of benzene rings is 1. The van der Waals surface area contributed by atoms with Crippen molar-refractivity contribution in [2.24, 2.45) is 0 Å². The van der Waals surface area contributed by atoms with E-state index in [0.29, 0.717) is 17.9 Å². The molecule has 1 N–H and O–H groups in total. The van der Waals surface area contributed by atoms with Gasteiger partial charge in [0.05, 0.1) is 12.8 Å². The van der Waals surface area contributed by atoms with Gasteiger partial charge in [-0.3, -0.25) is 9.59 Å². The lowest BCUT2D eigenvalue weighted by atomic mass is 9.99. The summed E-state index contributed by atoms with van der Waals surface area (Å²) in [5, 5.41) is 2.70. The molecule has 1 heterocycles. The zero-order chi connectivity index (χ0) is 18.6. The van der Waals surface area contributed by atoms with E-state index >= 15 is 0 Å². The van der Waals surface area contributed by atoms with Gasteiger partial charge in [0.25, 0.3) is 5.91 Å². The van der Waals surface area contributed by atoms with E-state index in [1.807, 2.05) is 12.1 Å². The quantitative estimate of drug-likeness (QED) is 0.790. The molecule has 0 radical (unpaired) electrons. The monoisotopic (exact) mass is 348 g/mol. The number of ether oxygens (including phenoxy) is 2. The molecule has 7 heteroatoms. The number of methoxy groups -OCH3 is 1. The second-order valence-electron chi connectivity index (χ2n) is 6.19. The van der Waals surface area contributed by atoms with Crippen LogP contribution in [0.1, 0.15) is 33.6 Å². The molecule has 25 heavy (non-hydrogen) atoms. The Kier molecular flexibility index (Phi) is 5.66. The summed E-state index contributed by atoms with van der Waals surface area (Å²) in [7, 11) is 1.28. The molecule has 2 amide bonds. The summed E-state index contributed by atoms with van der Waals surface area (Å²) in [6, 6.07) is 7.21. The van der Waals surface area contributed by atoms with E-state index in [1.54, 1.807) is 37.8 Å². The molecule has 0 aliphatic carbocycles. The Labute approximate surface area is 147 Å². The summed E-state index contributed by atoms with van der Waals surface area (Å²) in [5.41, 5.74) is -0.434. The number of carbonyl (C=O) groups is 3. The molecule has 0 aromatic heterocycles. The number of esters is 1. The van der Waals surface area contributed by atoms with Crippen molar-refractivity contribution < 1.29 is 23.9 Å². The summed E-state index contributed by atoms with van der Waals surface area (Å²) >= 11 is 0. The first-order valence-corrected chi connectivity index (χ1v) is 8.29. The molecule has 0 fully saturated rings. The number of nitrogens with one attached hydrogen (secondary N) is 1. The number of carbonyl (C=O) groups excluding carboxylic acids is 3. The van der Waals surface area contributed by atoms with Gasteiger partial charge in [0, 0.05) is 13.0 Å². The Morgan fingerprint density at radius 2 is 2.04 bits per heavy atom. The van der Waals surface area contributed by atoms with Crippen LogP contribution >= 0.6 is 0 Å². The Morgan fingerprint density at radius 1 is 1.36 bits per heavy atom. The van der Waals surface area contributed by atoms with Crippen LogP contribution in [0.4, 0.5) is 5.69 Å². The molecule has 2 atom stereocenters. The number of rotatable bonds is 6. The number of hydrogen-bond donors (Lipinski definition) is 1. The van der Waals surface area contributed by atoms with Gasteiger partial charge in [-0.05, 0) is 32.4 Å². The standard InChI is InChI=1S/C18H24N2O5/c1-5-18(3,17(23)24-4)19-15(21)10-11-20-13-8-6-7-9-14(13)25-12(2)16(20)22/h6-9,12H,5,10-11H2,1-4H3,(H,19,21)/t12-,18-/m1/s1. The Bertz CT molecular complexity index is 675. The molecule has 1 aliphatic rings. The highest BCUT2D eigenvalue weighted by Gasteiger charge is 2.35. The highest BCUT2D eigenvalue weighted by molar-refractivity contribution is 6.00. The predicted molar refractivity (Wildman–Crippen MR) is 92.4 cm³/mol. The molecule has 2 rings (SSSR count). The van der Waals surface area contributed by atoms with E-state index in [0.717, 1.165) is 0 Å². The third kappa shape index (κ3) is 3.92. The van der Waals surface area contributed by atoms with Crippen LogP contribution in [0.5, 0.6) is 5.75 Å². The van der Waals surface area contributed by atoms with E-state index < -0.39 is 17.6 Å². The summed E-state index contributed by atoms with van der Waals surface area (Å²) in [5.74, 6) is -0.398. The number of fused-ring (bicyclic) bond motifs is 1. The highest BCUT2D eigenvalue weighted by Crippen LogP contribution is 2.33. The van der Waals surface area contributed by atoms with Crippen molar-refractivity contribution in [2.45, 2.75) is 45.3 Å². The van der Waals surface area contributed by atoms with E-state index in [4.69, 9.17) is 9.47 Å². The van der Waals surface area contributed by atoms with Gasteiger partial charge in [0.15, 0.2) is 6.10 Å². The van der Waals surface area contributed by atoms with Crippen LogP contribution in [-0.4, -0.2) is 43.1 Å². The number of para-hydroxylation sites is 2. The minimum absolute atomic E-state index is 0.0688. The van der Waals surface area contributed by atoms with Gasteiger partial charge in [0.1, 0.15) is 11.3 Å². The predicted octanol–water partition coefficient (Wildman–Crippen LogP) is 1.65. The zero-order valence-electron chi connectivity index (χ0n) is 15.0. The van der Waals surface area contributed by atoms with Crippen LogP contribution in [0.3, 0.4) is 0 Å². The molecule has 136 valence electrons. The van der Waals surface area contributed by atoms with Crippen molar-refractivity contribution >= 4 is 23.5 Å². The third-order valence-electron chi connectivity index (χ3n) is 4.39. The Morgan fingerprint density at radius 3 is 2.68 bits per heavy atom. The maximum atomic E-state index is 12.4. The smallest absolute Gasteiger partial charge is 0.331 e. The molecule has 7 nitrogen and oxygen atoms in total. The topological polar surface area (TPSA) is 84.9 Å². The van der Waals surface area contributed by atoms with Crippen molar-refractivity contribution in [1.82, 2.24) is 5.32 Å². The van der Waals surface area contributed by atoms with Crippen molar-refractivity contribution in [3.63, 3.8) is 0 Å². The first-order valence-electron chi connectivity index (χ1n) is 8.29. The van der Waals surface area contributed by atoms with Gasteiger partial charge in [-0.25, -0.2) is 4.79 Å². The lowest BCUT2D eigenvalue weighted by molar-refractivity contribution is -0.150. The van der Waals surface area contributed by atoms with Crippen LogP contribution < -0.4 is 15.0 Å². The minimum atomic E-state index is -1.08. The first kappa shape index (κ1) is 18.8. The van der Waals surface area contributed by atoms with Crippen LogP contribution in [0.2, 0.25) is 0 Å². The highest BCUT2D eigenvalue weighted by atomic mass is 16.5. The summed E-state index contributed by atoms with van der Waals surface area (Å²) in [4.78, 5) is 38.1. The van der Waals surface area contributed by atoms with Crippen molar-refractivity contribution in [2.75, 3.05) is 18.6 Å². The second kappa shape index (κ2) is 7.55. The average Bonchev–Trinajstić information content (AvgIpc) is 2.61. The third-order valence-corrected chi connectivity index (χ3v) is 4.39. The number of anilines is 1. The van der Waals surface area contributed by atoms with Crippen molar-refractivity contribution in [1.29, 1.82) is 0 Å². The minimum Gasteiger partial charge on any atom is -0.479 e. The molecule has 1 aromatic rings. The van der Waals surface area contributed by atoms with Crippen molar-refractivity contribution in [3.8, 4) is 5.75 Å². The molecule has 0 unspecified atom stereocenters. The molecule has 0 spiro atoms. The lowest BCUT2D eigenvalue weighted by Gasteiger charge is -2.33. The number of amides is 2. The maximum Gasteiger partial charge on any atom is 0.331 e. The molecule has 0 saturated heterocycles. The van der Waals surface area contributed by atoms with Crippen LogP contribution in [0, 0.1) is 0 Å². The van der Waals surface area contributed by atoms with Gasteiger partial charge in [-0.2, -0.15) is 0 Å². The first-order chi connectivity index (χ1) is 11.8. The number of hydrogen-bond acceptors (Lipinski definition) is 5. The fourth-order valence-electron chi connectivity index (χ4n) is 2.68. The summed E-state index contributed by atoms with van der Waals surface area (Å²) in [6.07, 6.45) is -0.129. The van der Waals surface area contributed by atoms with Gasteiger partial charge in [-0.15, -0.1) is 0 Å². The molecule has 0 bridgehead atoms. The summed E-state index contributed by atoms with van der Waals surface area (Å²) in [6.45, 7) is 5.29. The largest absolute Gasteiger partial charge is 0.479 e. The van der Waals surface area contributed by atoms with Crippen molar-refractivity contribution in [3.05, 3.63) is 24.3 Å². The SMILES string of the molecule is CC[C@@](C)(NC(=O)CCN1C(=O)[C@@H](C)Oc2ccccc21)C(=O)OC. The van der Waals surface area contributed by atoms with E-state index in [1.165, 1.54) is 7.11 Å². The van der Waals surface area contributed by atoms with E-state index in [2.05, 4.69) is 5.32 Å². The Hall–Kier alpha value is -2.57. The average molecular weight is 348 g/mol. The van der Waals surface area contributed by atoms with Crippen LogP contribution in [0.25, 0.3) is 0 Å². The van der Waals surface area contributed by atoms with Gasteiger partial charge in [0.2, 0.25) is 5.91 Å². The molecule has 1 aliphatic heterocycles. The number of nitrogens with zero attached hydrogens (tertiary/aromatic N) is 1. The fraction of sp³-hybridized carbons (Fsp3) is 0.500. The van der Waals surface area contributed by atoms with Gasteiger partial charge >= 0.3 is 5.97 Å². The lowest BCUT2D eigenvalue weighted by Crippen LogP contribution is -2.53. The van der Waals surface area contributed by atoms with E-state index in [-0.39, 0.29) is 24.8 Å². The van der Waals surface area contributed by atoms with Gasteiger partial charge in [-0.1, -0.05) is 19.1 Å². The zero-order valence-corrected chi connectivity index (χ0v) is 15.0. The Balaban J connectivity index is 2.06. The fourth-order valence-corrected chi connectivity index (χ4v) is 2.68. The molecular formula is C18H24N2O5.